The minimum atomic E-state index is -0.528. The first kappa shape index (κ1) is 27.3. The Balaban J connectivity index is 2.73. The highest BCUT2D eigenvalue weighted by atomic mass is 16.2. The summed E-state index contributed by atoms with van der Waals surface area (Å²) in [6.07, 6.45) is 5.76. The quantitative estimate of drug-likeness (QED) is 0.139. The Bertz CT molecular complexity index is 578. The maximum Gasteiger partial charge on any atom is 0.237 e. The van der Waals surface area contributed by atoms with Crippen molar-refractivity contribution < 1.29 is 9.59 Å². The number of Topliss-reactive ketones (excluding diaryl/α,β-unsaturated/α-hetero) is 1. The van der Waals surface area contributed by atoms with E-state index in [-0.39, 0.29) is 41.6 Å². The van der Waals surface area contributed by atoms with Gasteiger partial charge in [0.2, 0.25) is 5.91 Å². The number of ketones is 1. The first-order valence-electron chi connectivity index (χ1n) is 11.8. The lowest BCUT2D eigenvalue weighted by Gasteiger charge is -2.29. The lowest BCUT2D eigenvalue weighted by molar-refractivity contribution is -0.132. The number of rotatable bonds is 15. The van der Waals surface area contributed by atoms with Crippen LogP contribution >= 0.6 is 0 Å². The molecule has 31 heavy (non-hydrogen) atoms. The number of hydrogen-bond donors (Lipinski definition) is 5. The molecular weight excluding hydrogens is 394 g/mol. The minimum absolute atomic E-state index is 0.0259. The minimum Gasteiger partial charge on any atom is -0.370 e. The lowest BCUT2D eigenvalue weighted by atomic mass is 9.88. The molecule has 0 aromatic rings. The van der Waals surface area contributed by atoms with E-state index in [2.05, 4.69) is 15.2 Å². The van der Waals surface area contributed by atoms with Crippen molar-refractivity contribution in [2.24, 2.45) is 39.8 Å². The predicted octanol–water partition coefficient (Wildman–Crippen LogP) is 0.307. The molecule has 0 saturated carbocycles. The lowest BCUT2D eigenvalue weighted by Crippen LogP contribution is -2.52. The van der Waals surface area contributed by atoms with E-state index in [0.717, 1.165) is 38.6 Å². The number of nitrogens with two attached hydrogens (primary N) is 4. The molecule has 9 nitrogen and oxygen atoms in total. The van der Waals surface area contributed by atoms with E-state index in [1.807, 2.05) is 20.8 Å². The second kappa shape index (κ2) is 14.4. The van der Waals surface area contributed by atoms with E-state index >= 15 is 0 Å². The molecule has 1 aliphatic rings. The van der Waals surface area contributed by atoms with Crippen LogP contribution in [0.2, 0.25) is 0 Å². The van der Waals surface area contributed by atoms with Crippen molar-refractivity contribution in [3.05, 3.63) is 0 Å². The molecule has 9 N–H and O–H groups in total. The van der Waals surface area contributed by atoms with E-state index in [1.54, 1.807) is 0 Å². The van der Waals surface area contributed by atoms with Gasteiger partial charge < -0.3 is 28.3 Å². The van der Waals surface area contributed by atoms with Crippen LogP contribution in [0.3, 0.4) is 0 Å². The summed E-state index contributed by atoms with van der Waals surface area (Å²) >= 11 is 0. The zero-order valence-electron chi connectivity index (χ0n) is 19.7. The van der Waals surface area contributed by atoms with Crippen LogP contribution in [0.25, 0.3) is 0 Å². The first-order valence-corrected chi connectivity index (χ1v) is 11.8. The fraction of sp³-hybridized carbons (Fsp3) is 0.864. The van der Waals surface area contributed by atoms with Crippen LogP contribution in [0.1, 0.15) is 65.7 Å². The second-order valence-corrected chi connectivity index (χ2v) is 9.14. The molecule has 1 aliphatic heterocycles. The number of amides is 1. The highest BCUT2D eigenvalue weighted by molar-refractivity contribution is 5.92. The van der Waals surface area contributed by atoms with E-state index < -0.39 is 6.04 Å². The molecule has 0 aromatic heterocycles. The molecule has 0 spiro atoms. The van der Waals surface area contributed by atoms with Gasteiger partial charge in [-0.2, -0.15) is 0 Å². The van der Waals surface area contributed by atoms with Gasteiger partial charge in [0.1, 0.15) is 0 Å². The van der Waals surface area contributed by atoms with E-state index in [9.17, 15) is 9.59 Å². The number of guanidine groups is 1. The largest absolute Gasteiger partial charge is 0.370 e. The van der Waals surface area contributed by atoms with Crippen molar-refractivity contribution in [2.45, 2.75) is 83.8 Å². The third kappa shape index (κ3) is 9.97. The molecule has 0 radical (unpaired) electrons. The van der Waals surface area contributed by atoms with Gasteiger partial charge in [-0.25, -0.2) is 0 Å². The molecule has 0 aromatic carbocycles. The Morgan fingerprint density at radius 3 is 2.45 bits per heavy atom. The number of unbranched alkanes of at least 4 members (excludes halogenated alkanes) is 1. The number of nitrogens with one attached hydrogen (secondary N) is 1. The maximum absolute atomic E-state index is 13.1. The van der Waals surface area contributed by atoms with Gasteiger partial charge in [0.05, 0.1) is 12.1 Å². The Hall–Kier alpha value is -1.71. The third-order valence-corrected chi connectivity index (χ3v) is 6.22. The fourth-order valence-electron chi connectivity index (χ4n) is 3.99. The summed E-state index contributed by atoms with van der Waals surface area (Å²) in [7, 11) is 0. The third-order valence-electron chi connectivity index (χ3n) is 6.22. The van der Waals surface area contributed by atoms with Crippen molar-refractivity contribution in [1.82, 2.24) is 10.2 Å². The SMILES string of the molecule is CC(C)C(C)C(=O)C(CCCN=C(N)N)NC(=O)C1CCCN1CC(N)CCCCN. The molecule has 1 amide bonds. The zero-order chi connectivity index (χ0) is 23.4. The highest BCUT2D eigenvalue weighted by Crippen LogP contribution is 2.20. The monoisotopic (exact) mass is 439 g/mol. The molecule has 180 valence electrons. The Morgan fingerprint density at radius 2 is 1.84 bits per heavy atom. The van der Waals surface area contributed by atoms with Gasteiger partial charge in [0.15, 0.2) is 11.7 Å². The van der Waals surface area contributed by atoms with Crippen LogP contribution in [-0.4, -0.2) is 66.9 Å². The number of nitrogens with zero attached hydrogens (tertiary/aromatic N) is 2. The average Bonchev–Trinajstić information content (AvgIpc) is 3.17. The average molecular weight is 440 g/mol. The van der Waals surface area contributed by atoms with Gasteiger partial charge in [-0.15, -0.1) is 0 Å². The van der Waals surface area contributed by atoms with Gasteiger partial charge in [-0.1, -0.05) is 27.2 Å². The molecule has 4 unspecified atom stereocenters. The zero-order valence-corrected chi connectivity index (χ0v) is 19.7. The number of likely N-dealkylation sites (tertiary alicyclic amines) is 1. The van der Waals surface area contributed by atoms with Gasteiger partial charge in [0.25, 0.3) is 0 Å². The number of carbonyl (C=O) groups is 2. The summed E-state index contributed by atoms with van der Waals surface area (Å²) in [5.41, 5.74) is 22.6. The number of carbonyl (C=O) groups excluding carboxylic acids is 2. The normalized spacial score (nSPS) is 19.7. The summed E-state index contributed by atoms with van der Waals surface area (Å²) in [6, 6.07) is -0.736. The summed E-state index contributed by atoms with van der Waals surface area (Å²) in [5.74, 6) is 0.0916. The Morgan fingerprint density at radius 1 is 1.13 bits per heavy atom. The summed E-state index contributed by atoms with van der Waals surface area (Å²) < 4.78 is 0. The summed E-state index contributed by atoms with van der Waals surface area (Å²) in [6.45, 7) is 8.62. The molecule has 0 bridgehead atoms. The van der Waals surface area contributed by atoms with Crippen LogP contribution in [0.4, 0.5) is 0 Å². The molecule has 1 fully saturated rings. The number of aliphatic imine (C=N–C) groups is 1. The summed E-state index contributed by atoms with van der Waals surface area (Å²) in [5, 5.41) is 3.04. The van der Waals surface area contributed by atoms with Gasteiger partial charge in [-0.3, -0.25) is 19.5 Å². The number of hydrogen-bond acceptors (Lipinski definition) is 6. The predicted molar refractivity (Wildman–Crippen MR) is 126 cm³/mol. The molecular formula is C22H45N7O2. The van der Waals surface area contributed by atoms with Gasteiger partial charge >= 0.3 is 0 Å². The molecule has 9 heteroatoms. The van der Waals surface area contributed by atoms with Gasteiger partial charge in [-0.05, 0) is 57.5 Å². The first-order chi connectivity index (χ1) is 14.7. The van der Waals surface area contributed by atoms with Gasteiger partial charge in [0, 0.05) is 25.0 Å². The second-order valence-electron chi connectivity index (χ2n) is 9.14. The highest BCUT2D eigenvalue weighted by Gasteiger charge is 2.34. The van der Waals surface area contributed by atoms with Crippen molar-refractivity contribution >= 4 is 17.6 Å². The topological polar surface area (TPSA) is 166 Å². The smallest absolute Gasteiger partial charge is 0.237 e. The fourth-order valence-corrected chi connectivity index (χ4v) is 3.99. The maximum atomic E-state index is 13.1. The van der Waals surface area contributed by atoms with E-state index in [0.29, 0.717) is 32.5 Å². The standard InChI is InChI=1S/C22H45N7O2/c1-15(2)16(3)20(30)18(9-6-12-27-22(25)26)28-21(31)19-10-7-13-29(19)14-17(24)8-4-5-11-23/h15-19H,4-14,23-24H2,1-3H3,(H,28,31)(H4,25,26,27). The van der Waals surface area contributed by atoms with E-state index in [4.69, 9.17) is 22.9 Å². The van der Waals surface area contributed by atoms with E-state index in [1.165, 1.54) is 0 Å². The van der Waals surface area contributed by atoms with Crippen molar-refractivity contribution in [2.75, 3.05) is 26.2 Å². The molecule has 0 aliphatic carbocycles. The van der Waals surface area contributed by atoms with Crippen LogP contribution in [0.5, 0.6) is 0 Å². The van der Waals surface area contributed by atoms with Crippen LogP contribution < -0.4 is 28.3 Å². The molecule has 1 heterocycles. The van der Waals surface area contributed by atoms with Crippen molar-refractivity contribution in [3.8, 4) is 0 Å². The Labute approximate surface area is 187 Å². The van der Waals surface area contributed by atoms with Crippen molar-refractivity contribution in [3.63, 3.8) is 0 Å². The molecule has 1 rings (SSSR count). The van der Waals surface area contributed by atoms with Crippen LogP contribution in [-0.2, 0) is 9.59 Å². The molecule has 1 saturated heterocycles. The van der Waals surface area contributed by atoms with Crippen LogP contribution in [0, 0.1) is 11.8 Å². The molecule has 4 atom stereocenters. The Kier molecular flexibility index (Phi) is 12.7. The van der Waals surface area contributed by atoms with Crippen LogP contribution in [0.15, 0.2) is 4.99 Å². The van der Waals surface area contributed by atoms with Crippen molar-refractivity contribution in [1.29, 1.82) is 0 Å². The summed E-state index contributed by atoms with van der Waals surface area (Å²) in [4.78, 5) is 32.3.